The van der Waals surface area contributed by atoms with Gasteiger partial charge >= 0.3 is 0 Å². The topological polar surface area (TPSA) is 37.8 Å². The molecular formula is C15H17BrClN3. The Bertz CT molecular complexity index is 614. The molecule has 1 N–H and O–H groups in total. The van der Waals surface area contributed by atoms with Gasteiger partial charge in [0, 0.05) is 28.8 Å². The number of halogens is 2. The van der Waals surface area contributed by atoms with Gasteiger partial charge in [-0.2, -0.15) is 0 Å². The maximum Gasteiger partial charge on any atom is 0.163 e. The molecule has 0 aliphatic heterocycles. The fourth-order valence-electron chi connectivity index (χ4n) is 1.94. The van der Waals surface area contributed by atoms with Gasteiger partial charge in [0.1, 0.15) is 5.82 Å². The maximum atomic E-state index is 6.29. The fraction of sp³-hybridized carbons (Fsp3) is 0.333. The first kappa shape index (κ1) is 15.3. The zero-order chi connectivity index (χ0) is 14.7. The second-order valence-electron chi connectivity index (χ2n) is 5.04. The van der Waals surface area contributed by atoms with Gasteiger partial charge in [0.25, 0.3) is 0 Å². The van der Waals surface area contributed by atoms with Crippen molar-refractivity contribution in [2.45, 2.75) is 20.3 Å². The van der Waals surface area contributed by atoms with Crippen LogP contribution in [0.3, 0.4) is 0 Å². The molecule has 1 aromatic carbocycles. The predicted molar refractivity (Wildman–Crippen MR) is 88.3 cm³/mol. The number of nitrogens with one attached hydrogen (secondary N) is 1. The summed E-state index contributed by atoms with van der Waals surface area (Å²) in [7, 11) is 1.86. The highest BCUT2D eigenvalue weighted by molar-refractivity contribution is 9.10. The highest BCUT2D eigenvalue weighted by Crippen LogP contribution is 2.29. The Morgan fingerprint density at radius 3 is 2.60 bits per heavy atom. The van der Waals surface area contributed by atoms with E-state index in [1.54, 1.807) is 0 Å². The molecule has 0 amide bonds. The van der Waals surface area contributed by atoms with Crippen molar-refractivity contribution in [1.82, 2.24) is 9.97 Å². The van der Waals surface area contributed by atoms with Gasteiger partial charge in [-0.1, -0.05) is 41.4 Å². The molecule has 1 heterocycles. The van der Waals surface area contributed by atoms with Crippen molar-refractivity contribution in [2.75, 3.05) is 12.4 Å². The third-order valence-electron chi connectivity index (χ3n) is 2.82. The second-order valence-corrected chi connectivity index (χ2v) is 6.36. The molecule has 0 unspecified atom stereocenters. The normalized spacial score (nSPS) is 10.9. The highest BCUT2D eigenvalue weighted by Gasteiger charge is 2.11. The Hall–Kier alpha value is -1.13. The van der Waals surface area contributed by atoms with Crippen LogP contribution in [0.4, 0.5) is 5.82 Å². The lowest BCUT2D eigenvalue weighted by atomic mass is 10.1. The lowest BCUT2D eigenvalue weighted by Gasteiger charge is -2.10. The predicted octanol–water partition coefficient (Wildman–Crippen LogP) is 4.80. The molecule has 0 bridgehead atoms. The first-order valence-electron chi connectivity index (χ1n) is 6.50. The fourth-order valence-corrected chi connectivity index (χ4v) is 2.70. The smallest absolute Gasteiger partial charge is 0.163 e. The molecule has 2 aromatic rings. The van der Waals surface area contributed by atoms with Gasteiger partial charge in [0.05, 0.1) is 5.02 Å². The van der Waals surface area contributed by atoms with Gasteiger partial charge in [0.15, 0.2) is 5.82 Å². The van der Waals surface area contributed by atoms with Crippen molar-refractivity contribution < 1.29 is 0 Å². The molecule has 0 radical (unpaired) electrons. The molecule has 0 spiro atoms. The molecule has 20 heavy (non-hydrogen) atoms. The number of nitrogens with zero attached hydrogens (tertiary/aromatic N) is 2. The maximum absolute atomic E-state index is 6.29. The van der Waals surface area contributed by atoms with Crippen molar-refractivity contribution in [3.63, 3.8) is 0 Å². The first-order valence-corrected chi connectivity index (χ1v) is 7.68. The Labute approximate surface area is 132 Å². The minimum atomic E-state index is 0.544. The summed E-state index contributed by atoms with van der Waals surface area (Å²) in [5, 5.41) is 3.72. The molecule has 5 heteroatoms. The first-order chi connectivity index (χ1) is 9.49. The van der Waals surface area contributed by atoms with Crippen LogP contribution >= 0.6 is 27.5 Å². The van der Waals surface area contributed by atoms with Crippen LogP contribution in [0.1, 0.15) is 19.5 Å². The number of aromatic nitrogens is 2. The SMILES string of the molecule is CNc1cc(CC(C)C)nc(-c2ccc(Br)cc2Cl)n1. The summed E-state index contributed by atoms with van der Waals surface area (Å²) in [6, 6.07) is 7.71. The van der Waals surface area contributed by atoms with Crippen LogP contribution in [0.15, 0.2) is 28.7 Å². The number of hydrogen-bond acceptors (Lipinski definition) is 3. The van der Waals surface area contributed by atoms with Crippen LogP contribution in [-0.4, -0.2) is 17.0 Å². The summed E-state index contributed by atoms with van der Waals surface area (Å²) >= 11 is 9.69. The third-order valence-corrected chi connectivity index (χ3v) is 3.63. The largest absolute Gasteiger partial charge is 0.373 e. The van der Waals surface area contributed by atoms with Gasteiger partial charge in [-0.25, -0.2) is 9.97 Å². The molecular weight excluding hydrogens is 338 g/mol. The van der Waals surface area contributed by atoms with E-state index >= 15 is 0 Å². The van der Waals surface area contributed by atoms with E-state index in [0.29, 0.717) is 16.8 Å². The van der Waals surface area contributed by atoms with Crippen LogP contribution in [-0.2, 0) is 6.42 Å². The van der Waals surface area contributed by atoms with E-state index in [4.69, 9.17) is 11.6 Å². The Morgan fingerprint density at radius 1 is 1.25 bits per heavy atom. The van der Waals surface area contributed by atoms with Crippen molar-refractivity contribution >= 4 is 33.3 Å². The van der Waals surface area contributed by atoms with Crippen LogP contribution in [0, 0.1) is 5.92 Å². The van der Waals surface area contributed by atoms with Gasteiger partial charge in [-0.3, -0.25) is 0 Å². The lowest BCUT2D eigenvalue weighted by molar-refractivity contribution is 0.635. The van der Waals surface area contributed by atoms with Crippen LogP contribution in [0.5, 0.6) is 0 Å². The Morgan fingerprint density at radius 2 is 2.00 bits per heavy atom. The van der Waals surface area contributed by atoms with Gasteiger partial charge in [0.2, 0.25) is 0 Å². The lowest BCUT2D eigenvalue weighted by Crippen LogP contribution is -2.04. The van der Waals surface area contributed by atoms with E-state index < -0.39 is 0 Å². The average molecular weight is 355 g/mol. The summed E-state index contributed by atoms with van der Waals surface area (Å²) < 4.78 is 0.943. The zero-order valence-corrected chi connectivity index (χ0v) is 14.1. The third kappa shape index (κ3) is 3.70. The minimum absolute atomic E-state index is 0.544. The van der Waals surface area contributed by atoms with Gasteiger partial charge in [-0.15, -0.1) is 0 Å². The van der Waals surface area contributed by atoms with E-state index in [1.807, 2.05) is 31.3 Å². The van der Waals surface area contributed by atoms with Crippen molar-refractivity contribution in [3.05, 3.63) is 39.5 Å². The van der Waals surface area contributed by atoms with Gasteiger partial charge < -0.3 is 5.32 Å². The van der Waals surface area contributed by atoms with Gasteiger partial charge in [-0.05, 0) is 30.5 Å². The zero-order valence-electron chi connectivity index (χ0n) is 11.7. The second kappa shape index (κ2) is 6.55. The summed E-state index contributed by atoms with van der Waals surface area (Å²) in [6.07, 6.45) is 0.915. The molecule has 106 valence electrons. The highest BCUT2D eigenvalue weighted by atomic mass is 79.9. The molecule has 0 aliphatic rings. The molecule has 0 saturated heterocycles. The average Bonchev–Trinajstić information content (AvgIpc) is 2.37. The molecule has 1 aromatic heterocycles. The number of rotatable bonds is 4. The van der Waals surface area contributed by atoms with Crippen LogP contribution in [0.25, 0.3) is 11.4 Å². The monoisotopic (exact) mass is 353 g/mol. The van der Waals surface area contributed by atoms with Crippen molar-refractivity contribution in [1.29, 1.82) is 0 Å². The summed E-state index contributed by atoms with van der Waals surface area (Å²) in [5.41, 5.74) is 1.87. The summed E-state index contributed by atoms with van der Waals surface area (Å²) in [4.78, 5) is 9.13. The molecule has 0 aliphatic carbocycles. The van der Waals surface area contributed by atoms with E-state index in [0.717, 1.165) is 28.0 Å². The molecule has 2 rings (SSSR count). The Kier molecular flexibility index (Phi) is 5.00. The Balaban J connectivity index is 2.49. The molecule has 0 atom stereocenters. The number of anilines is 1. The molecule has 3 nitrogen and oxygen atoms in total. The summed E-state index contributed by atoms with van der Waals surface area (Å²) in [6.45, 7) is 4.35. The molecule has 0 fully saturated rings. The quantitative estimate of drug-likeness (QED) is 0.857. The van der Waals surface area contributed by atoms with E-state index in [2.05, 4.69) is 45.1 Å². The van der Waals surface area contributed by atoms with E-state index in [-0.39, 0.29) is 0 Å². The van der Waals surface area contributed by atoms with Crippen molar-refractivity contribution in [3.8, 4) is 11.4 Å². The van der Waals surface area contributed by atoms with Crippen molar-refractivity contribution in [2.24, 2.45) is 5.92 Å². The van der Waals surface area contributed by atoms with Crippen LogP contribution in [0.2, 0.25) is 5.02 Å². The number of benzene rings is 1. The summed E-state index contributed by atoms with van der Waals surface area (Å²) in [5.74, 6) is 2.01. The minimum Gasteiger partial charge on any atom is -0.373 e. The molecule has 0 saturated carbocycles. The van der Waals surface area contributed by atoms with E-state index in [1.165, 1.54) is 0 Å². The number of hydrogen-bond donors (Lipinski definition) is 1. The van der Waals surface area contributed by atoms with E-state index in [9.17, 15) is 0 Å². The standard InChI is InChI=1S/C15H17BrClN3/c1-9(2)6-11-8-14(18-3)20-15(19-11)12-5-4-10(16)7-13(12)17/h4-5,7-9H,6H2,1-3H3,(H,18,19,20). The van der Waals surface area contributed by atoms with Crippen LogP contribution < -0.4 is 5.32 Å².